The maximum atomic E-state index is 12.2. The van der Waals surface area contributed by atoms with Gasteiger partial charge in [-0.25, -0.2) is 4.72 Å². The molecule has 2 aliphatic rings. The van der Waals surface area contributed by atoms with Gasteiger partial charge in [0.1, 0.15) is 0 Å². The molecule has 1 aliphatic heterocycles. The summed E-state index contributed by atoms with van der Waals surface area (Å²) in [6.45, 7) is 3.96. The largest absolute Gasteiger partial charge is 0.328 e. The Kier molecular flexibility index (Phi) is 4.64. The van der Waals surface area contributed by atoms with E-state index in [0.717, 1.165) is 32.1 Å². The van der Waals surface area contributed by atoms with Crippen molar-refractivity contribution in [3.05, 3.63) is 0 Å². The Balaban J connectivity index is 1.83. The topological polar surface area (TPSA) is 75.4 Å². The highest BCUT2D eigenvalue weighted by Gasteiger charge is 2.28. The molecular weight excluding hydrogens is 250 g/mol. The number of nitrogens with zero attached hydrogens (tertiary/aromatic N) is 1. The monoisotopic (exact) mass is 275 g/mol. The van der Waals surface area contributed by atoms with Crippen LogP contribution in [0.5, 0.6) is 0 Å². The van der Waals surface area contributed by atoms with Crippen molar-refractivity contribution in [1.82, 2.24) is 9.03 Å². The Morgan fingerprint density at radius 2 is 2.11 bits per heavy atom. The van der Waals surface area contributed by atoms with Crippen LogP contribution < -0.4 is 10.5 Å². The average molecular weight is 275 g/mol. The van der Waals surface area contributed by atoms with Crippen LogP contribution in [0.2, 0.25) is 0 Å². The van der Waals surface area contributed by atoms with Crippen LogP contribution in [-0.4, -0.2) is 38.4 Å². The summed E-state index contributed by atoms with van der Waals surface area (Å²) in [5.41, 5.74) is 5.84. The van der Waals surface area contributed by atoms with E-state index in [4.69, 9.17) is 5.73 Å². The molecule has 106 valence electrons. The molecule has 3 unspecified atom stereocenters. The van der Waals surface area contributed by atoms with Gasteiger partial charge in [0.05, 0.1) is 0 Å². The van der Waals surface area contributed by atoms with E-state index in [1.807, 2.05) is 0 Å². The molecule has 1 saturated heterocycles. The van der Waals surface area contributed by atoms with Crippen molar-refractivity contribution in [2.45, 2.75) is 45.1 Å². The zero-order valence-electron chi connectivity index (χ0n) is 11.1. The van der Waals surface area contributed by atoms with Gasteiger partial charge >= 0.3 is 0 Å². The van der Waals surface area contributed by atoms with Crippen molar-refractivity contribution in [3.63, 3.8) is 0 Å². The first-order valence-electron chi connectivity index (χ1n) is 6.97. The number of hydrogen-bond donors (Lipinski definition) is 2. The number of nitrogens with one attached hydrogen (secondary N) is 1. The molecule has 0 aromatic carbocycles. The van der Waals surface area contributed by atoms with Crippen molar-refractivity contribution in [3.8, 4) is 0 Å². The summed E-state index contributed by atoms with van der Waals surface area (Å²) in [6.07, 6.45) is 5.10. The highest BCUT2D eigenvalue weighted by atomic mass is 32.2. The lowest BCUT2D eigenvalue weighted by molar-refractivity contribution is 0.277. The van der Waals surface area contributed by atoms with Crippen molar-refractivity contribution >= 4 is 10.2 Å². The number of rotatable bonds is 4. The Bertz CT molecular complexity index is 372. The maximum absolute atomic E-state index is 12.2. The highest BCUT2D eigenvalue weighted by molar-refractivity contribution is 7.87. The lowest BCUT2D eigenvalue weighted by Gasteiger charge is -2.30. The molecule has 5 nitrogen and oxygen atoms in total. The standard InChI is InChI=1S/C12H25N3O2S/c1-10-3-2-6-15(9-10)18(16,17)14-8-11-4-5-12(13)7-11/h10-12,14H,2-9,13H2,1H3. The maximum Gasteiger partial charge on any atom is 0.279 e. The lowest BCUT2D eigenvalue weighted by Crippen LogP contribution is -2.46. The van der Waals surface area contributed by atoms with Crippen LogP contribution in [0.15, 0.2) is 0 Å². The summed E-state index contributed by atoms with van der Waals surface area (Å²) < 4.78 is 28.7. The van der Waals surface area contributed by atoms with E-state index in [2.05, 4.69) is 11.6 Å². The van der Waals surface area contributed by atoms with Crippen molar-refractivity contribution in [2.75, 3.05) is 19.6 Å². The van der Waals surface area contributed by atoms with Gasteiger partial charge in [-0.15, -0.1) is 0 Å². The van der Waals surface area contributed by atoms with Gasteiger partial charge in [0, 0.05) is 25.7 Å². The Morgan fingerprint density at radius 3 is 2.72 bits per heavy atom. The highest BCUT2D eigenvalue weighted by Crippen LogP contribution is 2.24. The van der Waals surface area contributed by atoms with Crippen LogP contribution in [0.25, 0.3) is 0 Å². The minimum Gasteiger partial charge on any atom is -0.328 e. The normalized spacial score (nSPS) is 34.9. The quantitative estimate of drug-likeness (QED) is 0.792. The second-order valence-corrected chi connectivity index (χ2v) is 7.65. The van der Waals surface area contributed by atoms with Crippen LogP contribution in [0, 0.1) is 11.8 Å². The van der Waals surface area contributed by atoms with Crippen LogP contribution in [0.3, 0.4) is 0 Å². The number of nitrogens with two attached hydrogens (primary N) is 1. The lowest BCUT2D eigenvalue weighted by atomic mass is 10.0. The molecule has 0 radical (unpaired) electrons. The molecule has 3 N–H and O–H groups in total. The third kappa shape index (κ3) is 3.66. The summed E-state index contributed by atoms with van der Waals surface area (Å²) in [7, 11) is -3.28. The van der Waals surface area contributed by atoms with E-state index < -0.39 is 10.2 Å². The van der Waals surface area contributed by atoms with E-state index in [1.54, 1.807) is 4.31 Å². The molecule has 1 heterocycles. The van der Waals surface area contributed by atoms with Crippen LogP contribution in [0.4, 0.5) is 0 Å². The predicted molar refractivity (Wildman–Crippen MR) is 72.2 cm³/mol. The fraction of sp³-hybridized carbons (Fsp3) is 1.00. The third-order valence-corrected chi connectivity index (χ3v) is 5.64. The van der Waals surface area contributed by atoms with Gasteiger partial charge in [-0.1, -0.05) is 6.92 Å². The molecule has 1 saturated carbocycles. The molecule has 6 heteroatoms. The first-order chi connectivity index (χ1) is 8.47. The summed E-state index contributed by atoms with van der Waals surface area (Å²) in [5, 5.41) is 0. The van der Waals surface area contributed by atoms with Gasteiger partial charge < -0.3 is 5.73 Å². The van der Waals surface area contributed by atoms with E-state index in [-0.39, 0.29) is 6.04 Å². The molecular formula is C12H25N3O2S. The van der Waals surface area contributed by atoms with Gasteiger partial charge in [0.2, 0.25) is 0 Å². The summed E-state index contributed by atoms with van der Waals surface area (Å²) in [4.78, 5) is 0. The zero-order valence-corrected chi connectivity index (χ0v) is 12.0. The number of hydrogen-bond acceptors (Lipinski definition) is 3. The van der Waals surface area contributed by atoms with Gasteiger partial charge in [0.15, 0.2) is 0 Å². The molecule has 2 rings (SSSR count). The fourth-order valence-corrected chi connectivity index (χ4v) is 4.43. The SMILES string of the molecule is CC1CCCN(S(=O)(=O)NCC2CCC(N)C2)C1. The molecule has 2 fully saturated rings. The zero-order chi connectivity index (χ0) is 13.2. The van der Waals surface area contributed by atoms with E-state index in [9.17, 15) is 8.42 Å². The minimum absolute atomic E-state index is 0.259. The molecule has 0 aromatic rings. The summed E-state index contributed by atoms with van der Waals surface area (Å²) >= 11 is 0. The van der Waals surface area contributed by atoms with E-state index in [0.29, 0.717) is 31.5 Å². The van der Waals surface area contributed by atoms with Gasteiger partial charge in [0.25, 0.3) is 10.2 Å². The van der Waals surface area contributed by atoms with Crippen LogP contribution in [0.1, 0.15) is 39.0 Å². The summed E-state index contributed by atoms with van der Waals surface area (Å²) in [5.74, 6) is 0.882. The molecule has 0 aromatic heterocycles. The fourth-order valence-electron chi connectivity index (χ4n) is 2.98. The Labute approximate surface area is 110 Å². The van der Waals surface area contributed by atoms with Gasteiger partial charge in [-0.2, -0.15) is 12.7 Å². The summed E-state index contributed by atoms with van der Waals surface area (Å²) in [6, 6.07) is 0.259. The predicted octanol–water partition coefficient (Wildman–Crippen LogP) is 0.680. The Hall–Kier alpha value is -0.170. The van der Waals surface area contributed by atoms with Crippen molar-refractivity contribution in [2.24, 2.45) is 17.6 Å². The van der Waals surface area contributed by atoms with Gasteiger partial charge in [-0.05, 0) is 43.9 Å². The third-order valence-electron chi connectivity index (χ3n) is 4.10. The first-order valence-corrected chi connectivity index (χ1v) is 8.41. The molecule has 1 aliphatic carbocycles. The van der Waals surface area contributed by atoms with Gasteiger partial charge in [-0.3, -0.25) is 0 Å². The average Bonchev–Trinajstić information content (AvgIpc) is 2.73. The molecule has 0 spiro atoms. The second-order valence-electron chi connectivity index (χ2n) is 5.90. The van der Waals surface area contributed by atoms with Crippen LogP contribution >= 0.6 is 0 Å². The molecule has 18 heavy (non-hydrogen) atoms. The minimum atomic E-state index is -3.28. The van der Waals surface area contributed by atoms with Crippen molar-refractivity contribution < 1.29 is 8.42 Å². The molecule has 0 bridgehead atoms. The smallest absolute Gasteiger partial charge is 0.279 e. The number of piperidine rings is 1. The van der Waals surface area contributed by atoms with Crippen molar-refractivity contribution in [1.29, 1.82) is 0 Å². The molecule has 3 atom stereocenters. The second kappa shape index (κ2) is 5.86. The Morgan fingerprint density at radius 1 is 1.33 bits per heavy atom. The molecule has 0 amide bonds. The first kappa shape index (κ1) is 14.2. The van der Waals surface area contributed by atoms with E-state index >= 15 is 0 Å². The van der Waals surface area contributed by atoms with E-state index in [1.165, 1.54) is 0 Å². The van der Waals surface area contributed by atoms with Crippen LogP contribution in [-0.2, 0) is 10.2 Å².